The summed E-state index contributed by atoms with van der Waals surface area (Å²) in [6.45, 7) is 10.7. The molecule has 6 rings (SSSR count). The highest BCUT2D eigenvalue weighted by Crippen LogP contribution is 2.58. The van der Waals surface area contributed by atoms with E-state index in [1.165, 1.54) is 33.4 Å². The first-order chi connectivity index (χ1) is 18.5. The predicted molar refractivity (Wildman–Crippen MR) is 157 cm³/mol. The van der Waals surface area contributed by atoms with E-state index in [1.54, 1.807) is 12.1 Å². The molecule has 0 amide bonds. The summed E-state index contributed by atoms with van der Waals surface area (Å²) in [7, 11) is 0. The molecule has 2 unspecified atom stereocenters. The SMILES string of the molecule is CC1=C2c3ccc(O)cc3CC2(CC(C)C)CCC1=O.CCCC12CCC(=O)C(C)=C1c1ccc(O)cc1C2. The molecule has 0 saturated carbocycles. The molecule has 0 spiro atoms. The van der Waals surface area contributed by atoms with Gasteiger partial charge in [-0.05, 0) is 127 Å². The monoisotopic (exact) mass is 526 g/mol. The Morgan fingerprint density at radius 3 is 1.72 bits per heavy atom. The number of phenolic OH excluding ortho intramolecular Hbond substituents is 2. The first-order valence-electron chi connectivity index (χ1n) is 14.6. The minimum atomic E-state index is 0.113. The molecule has 206 valence electrons. The van der Waals surface area contributed by atoms with Gasteiger partial charge in [0.05, 0.1) is 0 Å². The van der Waals surface area contributed by atoms with Crippen LogP contribution in [0.2, 0.25) is 0 Å². The largest absolute Gasteiger partial charge is 0.508 e. The number of ketones is 2. The van der Waals surface area contributed by atoms with E-state index in [9.17, 15) is 19.8 Å². The Morgan fingerprint density at radius 1 is 0.769 bits per heavy atom. The van der Waals surface area contributed by atoms with Crippen molar-refractivity contribution in [3.8, 4) is 11.5 Å². The van der Waals surface area contributed by atoms with Gasteiger partial charge in [0, 0.05) is 23.7 Å². The Labute approximate surface area is 232 Å². The fraction of sp³-hybridized carbons (Fsp3) is 0.486. The third kappa shape index (κ3) is 4.66. The molecule has 2 N–H and O–H groups in total. The highest BCUT2D eigenvalue weighted by molar-refractivity contribution is 6.06. The van der Waals surface area contributed by atoms with Crippen molar-refractivity contribution < 1.29 is 19.8 Å². The Hall–Kier alpha value is -3.14. The van der Waals surface area contributed by atoms with Crippen LogP contribution in [0.4, 0.5) is 0 Å². The second-order valence-corrected chi connectivity index (χ2v) is 12.8. The van der Waals surface area contributed by atoms with E-state index in [2.05, 4.69) is 20.8 Å². The fourth-order valence-corrected chi connectivity index (χ4v) is 8.28. The van der Waals surface area contributed by atoms with Gasteiger partial charge in [0.1, 0.15) is 11.5 Å². The molecule has 0 bridgehead atoms. The molecule has 4 aliphatic rings. The second-order valence-electron chi connectivity index (χ2n) is 12.8. The van der Waals surface area contributed by atoms with E-state index in [1.807, 2.05) is 38.1 Å². The van der Waals surface area contributed by atoms with Crippen LogP contribution in [-0.4, -0.2) is 21.8 Å². The molecule has 0 radical (unpaired) electrons. The molecule has 4 heteroatoms. The minimum Gasteiger partial charge on any atom is -0.508 e. The second kappa shape index (κ2) is 10.1. The van der Waals surface area contributed by atoms with Crippen LogP contribution in [0.5, 0.6) is 11.5 Å². The van der Waals surface area contributed by atoms with Crippen molar-refractivity contribution in [3.05, 3.63) is 69.8 Å². The normalized spacial score (nSPS) is 25.3. The third-order valence-electron chi connectivity index (χ3n) is 9.61. The maximum atomic E-state index is 12.1. The summed E-state index contributed by atoms with van der Waals surface area (Å²) in [6.07, 6.45) is 8.57. The standard InChI is InChI=1S/C18H22O2.C17H20O2/c1-11(2)9-18-7-6-16(20)12(3)17(18)15-5-4-14(19)8-13(15)10-18;1-3-7-17-8-6-15(19)11(2)16(17)14-5-4-13(18)9-12(14)10-17/h4-5,8,11,19H,6-7,9-10H2,1-3H3;4-5,9,18H,3,6-8,10H2,1-2H3. The number of phenols is 2. The molecular formula is C35H42O4. The molecular weight excluding hydrogens is 484 g/mol. The van der Waals surface area contributed by atoms with Gasteiger partial charge in [0.15, 0.2) is 11.6 Å². The number of fused-ring (bicyclic) bond motifs is 6. The Bertz CT molecular complexity index is 1410. The summed E-state index contributed by atoms with van der Waals surface area (Å²) in [5.74, 6) is 1.84. The van der Waals surface area contributed by atoms with E-state index >= 15 is 0 Å². The maximum absolute atomic E-state index is 12.1. The topological polar surface area (TPSA) is 74.6 Å². The predicted octanol–water partition coefficient (Wildman–Crippen LogP) is 7.99. The number of rotatable bonds is 4. The first kappa shape index (κ1) is 27.4. The average Bonchev–Trinajstić information content (AvgIpc) is 3.36. The molecule has 0 aromatic heterocycles. The molecule has 39 heavy (non-hydrogen) atoms. The third-order valence-corrected chi connectivity index (χ3v) is 9.61. The van der Waals surface area contributed by atoms with Crippen LogP contribution in [0, 0.1) is 16.7 Å². The average molecular weight is 527 g/mol. The zero-order valence-corrected chi connectivity index (χ0v) is 24.1. The number of allylic oxidation sites excluding steroid dienone is 4. The Kier molecular flexibility index (Phi) is 7.11. The molecule has 2 aromatic carbocycles. The van der Waals surface area contributed by atoms with Crippen LogP contribution in [0.1, 0.15) is 102 Å². The highest BCUT2D eigenvalue weighted by atomic mass is 16.3. The number of carbonyl (C=O) groups excluding carboxylic acids is 2. The van der Waals surface area contributed by atoms with E-state index < -0.39 is 0 Å². The van der Waals surface area contributed by atoms with Gasteiger partial charge >= 0.3 is 0 Å². The summed E-state index contributed by atoms with van der Waals surface area (Å²) < 4.78 is 0. The fourth-order valence-electron chi connectivity index (χ4n) is 8.28. The van der Waals surface area contributed by atoms with Gasteiger partial charge in [-0.2, -0.15) is 0 Å². The van der Waals surface area contributed by atoms with Crippen LogP contribution in [0.15, 0.2) is 47.5 Å². The van der Waals surface area contributed by atoms with Gasteiger partial charge in [0.25, 0.3) is 0 Å². The number of carbonyl (C=O) groups is 2. The van der Waals surface area contributed by atoms with Gasteiger partial charge in [-0.15, -0.1) is 0 Å². The van der Waals surface area contributed by atoms with E-state index in [0.717, 1.165) is 56.1 Å². The highest BCUT2D eigenvalue weighted by Gasteiger charge is 2.47. The molecule has 0 aliphatic heterocycles. The van der Waals surface area contributed by atoms with Gasteiger partial charge in [-0.1, -0.05) is 39.3 Å². The van der Waals surface area contributed by atoms with Crippen molar-refractivity contribution in [3.63, 3.8) is 0 Å². The summed E-state index contributed by atoms with van der Waals surface area (Å²) in [5.41, 5.74) is 9.46. The molecule has 2 atom stereocenters. The number of Topliss-reactive ketones (excluding diaryl/α,β-unsaturated/α-hetero) is 2. The number of hydrogen-bond donors (Lipinski definition) is 2. The summed E-state index contributed by atoms with van der Waals surface area (Å²) in [6, 6.07) is 11.2. The quantitative estimate of drug-likeness (QED) is 0.423. The Morgan fingerprint density at radius 2 is 1.23 bits per heavy atom. The van der Waals surface area contributed by atoms with E-state index in [4.69, 9.17) is 0 Å². The smallest absolute Gasteiger partial charge is 0.158 e. The van der Waals surface area contributed by atoms with Crippen LogP contribution >= 0.6 is 0 Å². The number of hydrogen-bond acceptors (Lipinski definition) is 4. The van der Waals surface area contributed by atoms with Gasteiger partial charge < -0.3 is 10.2 Å². The summed E-state index contributed by atoms with van der Waals surface area (Å²) in [5, 5.41) is 19.4. The van der Waals surface area contributed by atoms with Gasteiger partial charge in [-0.25, -0.2) is 0 Å². The molecule has 0 heterocycles. The van der Waals surface area contributed by atoms with Crippen molar-refractivity contribution >= 4 is 22.7 Å². The zero-order valence-electron chi connectivity index (χ0n) is 24.1. The lowest BCUT2D eigenvalue weighted by molar-refractivity contribution is -0.117. The molecule has 0 fully saturated rings. The lowest BCUT2D eigenvalue weighted by Gasteiger charge is -2.37. The summed E-state index contributed by atoms with van der Waals surface area (Å²) >= 11 is 0. The molecule has 4 aliphatic carbocycles. The molecule has 2 aromatic rings. The van der Waals surface area contributed by atoms with Gasteiger partial charge in [-0.3, -0.25) is 9.59 Å². The van der Waals surface area contributed by atoms with Crippen molar-refractivity contribution in [2.75, 3.05) is 0 Å². The van der Waals surface area contributed by atoms with Crippen molar-refractivity contribution in [2.45, 2.75) is 92.4 Å². The maximum Gasteiger partial charge on any atom is 0.158 e. The van der Waals surface area contributed by atoms with Crippen LogP contribution in [0.25, 0.3) is 11.1 Å². The lowest BCUT2D eigenvalue weighted by atomic mass is 9.66. The van der Waals surface area contributed by atoms with Crippen molar-refractivity contribution in [2.24, 2.45) is 16.7 Å². The van der Waals surface area contributed by atoms with Crippen molar-refractivity contribution in [1.29, 1.82) is 0 Å². The van der Waals surface area contributed by atoms with Gasteiger partial charge in [0.2, 0.25) is 0 Å². The number of benzene rings is 2. The molecule has 0 saturated heterocycles. The zero-order chi connectivity index (χ0) is 28.1. The van der Waals surface area contributed by atoms with Crippen LogP contribution < -0.4 is 0 Å². The van der Waals surface area contributed by atoms with Crippen LogP contribution in [0.3, 0.4) is 0 Å². The lowest BCUT2D eigenvalue weighted by Crippen LogP contribution is -2.29. The van der Waals surface area contributed by atoms with E-state index in [-0.39, 0.29) is 10.8 Å². The minimum absolute atomic E-state index is 0.113. The van der Waals surface area contributed by atoms with Crippen LogP contribution in [-0.2, 0) is 22.4 Å². The molecule has 4 nitrogen and oxygen atoms in total. The Balaban J connectivity index is 0.000000158. The summed E-state index contributed by atoms with van der Waals surface area (Å²) in [4.78, 5) is 24.2. The van der Waals surface area contributed by atoms with E-state index in [0.29, 0.717) is 41.8 Å². The number of aromatic hydroxyl groups is 2. The first-order valence-corrected chi connectivity index (χ1v) is 14.6. The van der Waals surface area contributed by atoms with Crippen molar-refractivity contribution in [1.82, 2.24) is 0 Å².